The van der Waals surface area contributed by atoms with Crippen LogP contribution in [0.3, 0.4) is 0 Å². The second-order valence-electron chi connectivity index (χ2n) is 2.96. The minimum Gasteiger partial charge on any atom is -0.370 e. The standard InChI is InChI=1S/C8H15NO3/c9-8(10)4-5-11-6-12-7-2-1-3-7/h7H,1-6H2,(H2,9,10). The molecule has 0 aromatic rings. The van der Waals surface area contributed by atoms with Gasteiger partial charge in [0.15, 0.2) is 0 Å². The molecule has 1 aliphatic carbocycles. The second kappa shape index (κ2) is 5.11. The van der Waals surface area contributed by atoms with E-state index in [-0.39, 0.29) is 19.1 Å². The third kappa shape index (κ3) is 3.69. The zero-order valence-electron chi connectivity index (χ0n) is 7.12. The molecule has 2 N–H and O–H groups in total. The van der Waals surface area contributed by atoms with Gasteiger partial charge < -0.3 is 15.2 Å². The highest BCUT2D eigenvalue weighted by Gasteiger charge is 2.17. The van der Waals surface area contributed by atoms with Gasteiger partial charge in [0, 0.05) is 6.42 Å². The molecule has 1 amide bonds. The van der Waals surface area contributed by atoms with E-state index in [1.54, 1.807) is 0 Å². The Kier molecular flexibility index (Phi) is 4.04. The van der Waals surface area contributed by atoms with Crippen LogP contribution in [-0.2, 0) is 14.3 Å². The Morgan fingerprint density at radius 3 is 2.75 bits per heavy atom. The lowest BCUT2D eigenvalue weighted by atomic mass is 9.96. The number of nitrogens with two attached hydrogens (primary N) is 1. The van der Waals surface area contributed by atoms with Crippen molar-refractivity contribution in [2.45, 2.75) is 31.8 Å². The number of primary amides is 1. The summed E-state index contributed by atoms with van der Waals surface area (Å²) in [5, 5.41) is 0. The normalized spacial score (nSPS) is 17.3. The number of carbonyl (C=O) groups is 1. The van der Waals surface area contributed by atoms with Crippen molar-refractivity contribution in [3.05, 3.63) is 0 Å². The molecule has 0 heterocycles. The number of rotatable bonds is 6. The highest BCUT2D eigenvalue weighted by molar-refractivity contribution is 5.73. The number of carbonyl (C=O) groups excluding carboxylic acids is 1. The fraction of sp³-hybridized carbons (Fsp3) is 0.875. The van der Waals surface area contributed by atoms with E-state index < -0.39 is 0 Å². The minimum atomic E-state index is -0.335. The van der Waals surface area contributed by atoms with E-state index in [4.69, 9.17) is 15.2 Å². The lowest BCUT2D eigenvalue weighted by molar-refractivity contribution is -0.126. The van der Waals surface area contributed by atoms with Crippen LogP contribution in [0.4, 0.5) is 0 Å². The average molecular weight is 173 g/mol. The summed E-state index contributed by atoms with van der Waals surface area (Å²) < 4.78 is 10.3. The summed E-state index contributed by atoms with van der Waals surface area (Å²) in [5.74, 6) is -0.335. The zero-order chi connectivity index (χ0) is 8.81. The predicted molar refractivity (Wildman–Crippen MR) is 43.4 cm³/mol. The van der Waals surface area contributed by atoms with Gasteiger partial charge in [0.05, 0.1) is 12.7 Å². The summed E-state index contributed by atoms with van der Waals surface area (Å²) in [6.45, 7) is 0.653. The molecule has 0 radical (unpaired) electrons. The number of amides is 1. The van der Waals surface area contributed by atoms with Gasteiger partial charge in [0.2, 0.25) is 5.91 Å². The summed E-state index contributed by atoms with van der Waals surface area (Å²) in [6, 6.07) is 0. The molecule has 1 saturated carbocycles. The monoisotopic (exact) mass is 173 g/mol. The van der Waals surface area contributed by atoms with Crippen LogP contribution in [0.5, 0.6) is 0 Å². The van der Waals surface area contributed by atoms with Crippen molar-refractivity contribution in [1.29, 1.82) is 0 Å². The summed E-state index contributed by atoms with van der Waals surface area (Å²) in [4.78, 5) is 10.3. The highest BCUT2D eigenvalue weighted by atomic mass is 16.7. The molecule has 4 heteroatoms. The van der Waals surface area contributed by atoms with E-state index >= 15 is 0 Å². The maximum Gasteiger partial charge on any atom is 0.219 e. The third-order valence-corrected chi connectivity index (χ3v) is 1.93. The van der Waals surface area contributed by atoms with Crippen LogP contribution in [-0.4, -0.2) is 25.4 Å². The van der Waals surface area contributed by atoms with Crippen LogP contribution < -0.4 is 5.73 Å². The molecule has 0 spiro atoms. The van der Waals surface area contributed by atoms with Gasteiger partial charge in [-0.3, -0.25) is 4.79 Å². The Hall–Kier alpha value is -0.610. The third-order valence-electron chi connectivity index (χ3n) is 1.93. The van der Waals surface area contributed by atoms with Gasteiger partial charge in [-0.1, -0.05) is 0 Å². The van der Waals surface area contributed by atoms with Gasteiger partial charge in [-0.15, -0.1) is 0 Å². The molecule has 0 aliphatic heterocycles. The first-order valence-corrected chi connectivity index (χ1v) is 4.26. The predicted octanol–water partition coefficient (Wildman–Crippen LogP) is 0.405. The van der Waals surface area contributed by atoms with E-state index in [1.165, 1.54) is 6.42 Å². The first-order valence-electron chi connectivity index (χ1n) is 4.26. The van der Waals surface area contributed by atoms with Crippen LogP contribution in [0.2, 0.25) is 0 Å². The van der Waals surface area contributed by atoms with Gasteiger partial charge in [-0.2, -0.15) is 0 Å². The molecule has 70 valence electrons. The Morgan fingerprint density at radius 1 is 1.50 bits per heavy atom. The van der Waals surface area contributed by atoms with Crippen LogP contribution in [0, 0.1) is 0 Å². The largest absolute Gasteiger partial charge is 0.370 e. The van der Waals surface area contributed by atoms with Crippen molar-refractivity contribution in [1.82, 2.24) is 0 Å². The molecule has 1 fully saturated rings. The molecule has 0 atom stereocenters. The van der Waals surface area contributed by atoms with Gasteiger partial charge in [-0.25, -0.2) is 0 Å². The molecular formula is C8H15NO3. The molecule has 0 aromatic carbocycles. The number of hydrogen-bond donors (Lipinski definition) is 1. The van der Waals surface area contributed by atoms with Crippen LogP contribution >= 0.6 is 0 Å². The van der Waals surface area contributed by atoms with E-state index in [0.29, 0.717) is 12.7 Å². The smallest absolute Gasteiger partial charge is 0.219 e. The molecule has 0 aromatic heterocycles. The quantitative estimate of drug-likeness (QED) is 0.467. The maximum atomic E-state index is 10.3. The first-order chi connectivity index (χ1) is 5.79. The Balaban J connectivity index is 1.79. The lowest BCUT2D eigenvalue weighted by Gasteiger charge is -2.25. The lowest BCUT2D eigenvalue weighted by Crippen LogP contribution is -2.23. The van der Waals surface area contributed by atoms with Crippen molar-refractivity contribution in [2.24, 2.45) is 5.73 Å². The molecule has 12 heavy (non-hydrogen) atoms. The van der Waals surface area contributed by atoms with Gasteiger partial charge >= 0.3 is 0 Å². The fourth-order valence-electron chi connectivity index (χ4n) is 0.913. The number of hydrogen-bond acceptors (Lipinski definition) is 3. The first kappa shape index (κ1) is 9.48. The van der Waals surface area contributed by atoms with Crippen LogP contribution in [0.25, 0.3) is 0 Å². The molecule has 1 aliphatic rings. The van der Waals surface area contributed by atoms with Crippen molar-refractivity contribution in [3.8, 4) is 0 Å². The minimum absolute atomic E-state index is 0.272. The average Bonchev–Trinajstić information content (AvgIpc) is 1.92. The van der Waals surface area contributed by atoms with Crippen LogP contribution in [0.1, 0.15) is 25.7 Å². The molecule has 1 rings (SSSR count). The van der Waals surface area contributed by atoms with Gasteiger partial charge in [0.25, 0.3) is 0 Å². The fourth-order valence-corrected chi connectivity index (χ4v) is 0.913. The van der Waals surface area contributed by atoms with Crippen molar-refractivity contribution in [3.63, 3.8) is 0 Å². The number of ether oxygens (including phenoxy) is 2. The summed E-state index contributed by atoms with van der Waals surface area (Å²) in [5.41, 5.74) is 4.91. The summed E-state index contributed by atoms with van der Waals surface area (Å²) in [7, 11) is 0. The molecule has 4 nitrogen and oxygen atoms in total. The SMILES string of the molecule is NC(=O)CCOCOC1CCC1. The topological polar surface area (TPSA) is 61.6 Å². The Morgan fingerprint density at radius 2 is 2.25 bits per heavy atom. The maximum absolute atomic E-state index is 10.3. The summed E-state index contributed by atoms with van der Waals surface area (Å²) >= 11 is 0. The van der Waals surface area contributed by atoms with Gasteiger partial charge in [0.1, 0.15) is 6.79 Å². The Labute approximate surface area is 72.0 Å². The van der Waals surface area contributed by atoms with E-state index in [0.717, 1.165) is 12.8 Å². The van der Waals surface area contributed by atoms with Crippen LogP contribution in [0.15, 0.2) is 0 Å². The van der Waals surface area contributed by atoms with E-state index in [2.05, 4.69) is 0 Å². The second-order valence-corrected chi connectivity index (χ2v) is 2.96. The summed E-state index contributed by atoms with van der Waals surface area (Å²) in [6.07, 6.45) is 4.19. The zero-order valence-corrected chi connectivity index (χ0v) is 7.12. The molecule has 0 bridgehead atoms. The Bertz CT molecular complexity index is 145. The van der Waals surface area contributed by atoms with Crippen molar-refractivity contribution >= 4 is 5.91 Å². The van der Waals surface area contributed by atoms with Crippen molar-refractivity contribution in [2.75, 3.05) is 13.4 Å². The van der Waals surface area contributed by atoms with E-state index in [9.17, 15) is 4.79 Å². The van der Waals surface area contributed by atoms with Crippen molar-refractivity contribution < 1.29 is 14.3 Å². The van der Waals surface area contributed by atoms with E-state index in [1.807, 2.05) is 0 Å². The highest BCUT2D eigenvalue weighted by Crippen LogP contribution is 2.21. The molecule has 0 saturated heterocycles. The van der Waals surface area contributed by atoms with Gasteiger partial charge in [-0.05, 0) is 19.3 Å². The molecule has 0 unspecified atom stereocenters. The molecular weight excluding hydrogens is 158 g/mol.